The second kappa shape index (κ2) is 7.34. The lowest BCUT2D eigenvalue weighted by molar-refractivity contribution is 0.123. The number of aliphatic hydroxyl groups is 1. The number of aliphatic hydroxyl groups excluding tert-OH is 1. The Kier molecular flexibility index (Phi) is 5.22. The molecule has 3 rings (SSSR count). The third kappa shape index (κ3) is 3.82. The number of aromatic nitrogens is 1. The summed E-state index contributed by atoms with van der Waals surface area (Å²) < 4.78 is 0. The predicted octanol–water partition coefficient (Wildman–Crippen LogP) is 1.55. The first-order valence-corrected chi connectivity index (χ1v) is 8.35. The Morgan fingerprint density at radius 2 is 1.90 bits per heavy atom. The first kappa shape index (κ1) is 14.9. The Balaban J connectivity index is 1.51. The highest BCUT2D eigenvalue weighted by Crippen LogP contribution is 2.23. The van der Waals surface area contributed by atoms with E-state index in [0.29, 0.717) is 18.7 Å². The van der Waals surface area contributed by atoms with Crippen molar-refractivity contribution in [1.82, 2.24) is 14.8 Å². The molecular formula is C17H27N3O. The van der Waals surface area contributed by atoms with E-state index in [1.165, 1.54) is 31.5 Å². The number of nitrogens with zero attached hydrogens (tertiary/aromatic N) is 3. The van der Waals surface area contributed by atoms with Gasteiger partial charge < -0.3 is 5.11 Å². The summed E-state index contributed by atoms with van der Waals surface area (Å²) in [6.45, 7) is 4.94. The van der Waals surface area contributed by atoms with Gasteiger partial charge in [-0.05, 0) is 50.9 Å². The van der Waals surface area contributed by atoms with Crippen LogP contribution in [-0.4, -0.2) is 64.8 Å². The lowest BCUT2D eigenvalue weighted by atomic mass is 10.1. The topological polar surface area (TPSA) is 39.6 Å². The maximum Gasteiger partial charge on any atom is 0.0586 e. The first-order chi connectivity index (χ1) is 10.4. The third-order valence-corrected chi connectivity index (χ3v) is 5.04. The van der Waals surface area contributed by atoms with E-state index in [1.807, 2.05) is 12.3 Å². The quantitative estimate of drug-likeness (QED) is 0.862. The maximum absolute atomic E-state index is 9.46. The van der Waals surface area contributed by atoms with Crippen LogP contribution >= 0.6 is 0 Å². The lowest BCUT2D eigenvalue weighted by Crippen LogP contribution is -2.44. The molecule has 0 aromatic carbocycles. The van der Waals surface area contributed by atoms with Gasteiger partial charge in [0.2, 0.25) is 0 Å². The van der Waals surface area contributed by atoms with Gasteiger partial charge in [0, 0.05) is 43.5 Å². The van der Waals surface area contributed by atoms with Crippen LogP contribution in [0.25, 0.3) is 0 Å². The van der Waals surface area contributed by atoms with Crippen molar-refractivity contribution < 1.29 is 5.11 Å². The fourth-order valence-electron chi connectivity index (χ4n) is 3.81. The van der Waals surface area contributed by atoms with Crippen LogP contribution in [0.2, 0.25) is 0 Å². The van der Waals surface area contributed by atoms with E-state index in [4.69, 9.17) is 0 Å². The van der Waals surface area contributed by atoms with Gasteiger partial charge in [-0.2, -0.15) is 0 Å². The van der Waals surface area contributed by atoms with Crippen molar-refractivity contribution in [2.24, 2.45) is 0 Å². The van der Waals surface area contributed by atoms with Crippen molar-refractivity contribution >= 4 is 0 Å². The summed E-state index contributed by atoms with van der Waals surface area (Å²) in [6.07, 6.45) is 7.94. The smallest absolute Gasteiger partial charge is 0.0586 e. The minimum absolute atomic E-state index is 0.320. The molecule has 2 aliphatic rings. The van der Waals surface area contributed by atoms with E-state index >= 15 is 0 Å². The summed E-state index contributed by atoms with van der Waals surface area (Å²) in [5.41, 5.74) is 1.19. The van der Waals surface area contributed by atoms with Crippen LogP contribution in [0.4, 0.5) is 0 Å². The number of rotatable bonds is 6. The zero-order valence-electron chi connectivity index (χ0n) is 12.8. The summed E-state index contributed by atoms with van der Waals surface area (Å²) >= 11 is 0. The molecule has 0 saturated carbocycles. The second-order valence-corrected chi connectivity index (χ2v) is 6.38. The molecule has 0 radical (unpaired) electrons. The molecule has 2 saturated heterocycles. The molecule has 4 nitrogen and oxygen atoms in total. The Morgan fingerprint density at radius 1 is 1.10 bits per heavy atom. The molecule has 2 fully saturated rings. The molecule has 2 aliphatic heterocycles. The molecule has 1 aromatic rings. The van der Waals surface area contributed by atoms with Crippen molar-refractivity contribution in [2.75, 3.05) is 32.8 Å². The molecule has 3 heterocycles. The second-order valence-electron chi connectivity index (χ2n) is 6.38. The number of hydrogen-bond acceptors (Lipinski definition) is 4. The van der Waals surface area contributed by atoms with Crippen LogP contribution in [0.3, 0.4) is 0 Å². The van der Waals surface area contributed by atoms with E-state index in [2.05, 4.69) is 26.9 Å². The molecule has 1 aromatic heterocycles. The lowest BCUT2D eigenvalue weighted by Gasteiger charge is -2.31. The molecule has 1 N–H and O–H groups in total. The highest BCUT2D eigenvalue weighted by Gasteiger charge is 2.30. The van der Waals surface area contributed by atoms with Gasteiger partial charge in [-0.15, -0.1) is 0 Å². The average molecular weight is 289 g/mol. The highest BCUT2D eigenvalue weighted by molar-refractivity contribution is 5.04. The number of likely N-dealkylation sites (tertiary alicyclic amines) is 2. The van der Waals surface area contributed by atoms with Crippen molar-refractivity contribution in [2.45, 2.75) is 44.2 Å². The number of pyridine rings is 1. The van der Waals surface area contributed by atoms with Crippen molar-refractivity contribution in [3.63, 3.8) is 0 Å². The largest absolute Gasteiger partial charge is 0.395 e. The van der Waals surface area contributed by atoms with Gasteiger partial charge in [0.1, 0.15) is 0 Å². The molecule has 116 valence electrons. The van der Waals surface area contributed by atoms with Crippen LogP contribution in [-0.2, 0) is 6.42 Å². The van der Waals surface area contributed by atoms with E-state index in [-0.39, 0.29) is 0 Å². The van der Waals surface area contributed by atoms with Gasteiger partial charge in [-0.1, -0.05) is 6.07 Å². The third-order valence-electron chi connectivity index (χ3n) is 5.04. The van der Waals surface area contributed by atoms with Gasteiger partial charge in [0.15, 0.2) is 0 Å². The molecule has 4 heteroatoms. The van der Waals surface area contributed by atoms with Crippen LogP contribution in [0.15, 0.2) is 24.4 Å². The van der Waals surface area contributed by atoms with E-state index < -0.39 is 0 Å². The van der Waals surface area contributed by atoms with Crippen LogP contribution in [0.1, 0.15) is 31.4 Å². The number of hydrogen-bond donors (Lipinski definition) is 1. The molecule has 0 aliphatic carbocycles. The predicted molar refractivity (Wildman–Crippen MR) is 84.2 cm³/mol. The standard InChI is InChI=1S/C17H27N3O/c21-14-17-7-4-11-20(17)13-16-6-3-10-19(16)12-8-15-5-1-2-9-18-15/h1-2,5,9,16-17,21H,3-4,6-8,10-14H2. The SMILES string of the molecule is OCC1CCCN1CC1CCCN1CCc1ccccn1. The summed E-state index contributed by atoms with van der Waals surface area (Å²) in [5, 5.41) is 9.46. The van der Waals surface area contributed by atoms with Gasteiger partial charge in [0.25, 0.3) is 0 Å². The van der Waals surface area contributed by atoms with Crippen LogP contribution in [0, 0.1) is 0 Å². The van der Waals surface area contributed by atoms with Crippen LogP contribution in [0.5, 0.6) is 0 Å². The molecule has 2 atom stereocenters. The molecule has 0 bridgehead atoms. The fourth-order valence-corrected chi connectivity index (χ4v) is 3.81. The molecular weight excluding hydrogens is 262 g/mol. The van der Waals surface area contributed by atoms with Gasteiger partial charge >= 0.3 is 0 Å². The summed E-state index contributed by atoms with van der Waals surface area (Å²) in [4.78, 5) is 9.55. The first-order valence-electron chi connectivity index (χ1n) is 8.35. The van der Waals surface area contributed by atoms with E-state index in [1.54, 1.807) is 0 Å². The Hall–Kier alpha value is -0.970. The fraction of sp³-hybridized carbons (Fsp3) is 0.706. The van der Waals surface area contributed by atoms with Crippen molar-refractivity contribution in [3.05, 3.63) is 30.1 Å². The highest BCUT2D eigenvalue weighted by atomic mass is 16.3. The summed E-state index contributed by atoms with van der Waals surface area (Å²) in [6, 6.07) is 7.24. The average Bonchev–Trinajstić information content (AvgIpc) is 3.16. The Bertz CT molecular complexity index is 425. The minimum atomic E-state index is 0.320. The minimum Gasteiger partial charge on any atom is -0.395 e. The zero-order chi connectivity index (χ0) is 14.5. The monoisotopic (exact) mass is 289 g/mol. The van der Waals surface area contributed by atoms with Gasteiger partial charge in [0.05, 0.1) is 6.61 Å². The molecule has 21 heavy (non-hydrogen) atoms. The van der Waals surface area contributed by atoms with E-state index in [0.717, 1.165) is 32.5 Å². The van der Waals surface area contributed by atoms with Gasteiger partial charge in [-0.3, -0.25) is 14.8 Å². The molecule has 2 unspecified atom stereocenters. The van der Waals surface area contributed by atoms with Crippen molar-refractivity contribution in [1.29, 1.82) is 0 Å². The maximum atomic E-state index is 9.46. The van der Waals surface area contributed by atoms with Crippen molar-refractivity contribution in [3.8, 4) is 0 Å². The zero-order valence-corrected chi connectivity index (χ0v) is 12.8. The Labute approximate surface area is 127 Å². The van der Waals surface area contributed by atoms with Gasteiger partial charge in [-0.25, -0.2) is 0 Å². The molecule has 0 spiro atoms. The van der Waals surface area contributed by atoms with Crippen LogP contribution < -0.4 is 0 Å². The van der Waals surface area contributed by atoms with E-state index in [9.17, 15) is 5.11 Å². The Morgan fingerprint density at radius 3 is 2.67 bits per heavy atom. The normalized spacial score (nSPS) is 27.5. The molecule has 0 amide bonds. The summed E-state index contributed by atoms with van der Waals surface area (Å²) in [7, 11) is 0. The summed E-state index contributed by atoms with van der Waals surface area (Å²) in [5.74, 6) is 0.